The molecule has 1 N–H and O–H groups in total. The fourth-order valence-corrected chi connectivity index (χ4v) is 4.39. The van der Waals surface area contributed by atoms with Crippen LogP contribution in [-0.2, 0) is 4.79 Å². The number of rotatable bonds is 4. The van der Waals surface area contributed by atoms with Gasteiger partial charge in [-0.05, 0) is 51.5 Å². The summed E-state index contributed by atoms with van der Waals surface area (Å²) < 4.78 is 6.00. The number of thiophene rings is 2. The van der Waals surface area contributed by atoms with Crippen LogP contribution in [0.2, 0.25) is 0 Å². The second-order valence-electron chi connectivity index (χ2n) is 5.10. The Hall–Kier alpha value is -2.44. The molecule has 4 rings (SSSR count). The van der Waals surface area contributed by atoms with Gasteiger partial charge in [0.2, 0.25) is 0 Å². The van der Waals surface area contributed by atoms with Crippen LogP contribution in [0, 0.1) is 0 Å². The van der Waals surface area contributed by atoms with Gasteiger partial charge in [0.25, 0.3) is 0 Å². The van der Waals surface area contributed by atoms with Gasteiger partial charge >= 0.3 is 5.97 Å². The SMILES string of the molecule is O=C(O)C(c1cocn1)c1cc2cc(-c3ccsc3)ccc2s1. The minimum Gasteiger partial charge on any atom is -0.480 e. The lowest BCUT2D eigenvalue weighted by Gasteiger charge is -2.05. The van der Waals surface area contributed by atoms with Crippen molar-refractivity contribution in [3.8, 4) is 11.1 Å². The molecule has 0 fully saturated rings. The Bertz CT molecular complexity index is 955. The molecule has 0 spiro atoms. The molecule has 0 aliphatic heterocycles. The van der Waals surface area contributed by atoms with Gasteiger partial charge in [-0.3, -0.25) is 4.79 Å². The summed E-state index contributed by atoms with van der Waals surface area (Å²) >= 11 is 3.14. The van der Waals surface area contributed by atoms with Gasteiger partial charge in [-0.15, -0.1) is 11.3 Å². The van der Waals surface area contributed by atoms with E-state index in [1.807, 2.05) is 17.5 Å². The van der Waals surface area contributed by atoms with E-state index in [2.05, 4.69) is 28.6 Å². The Morgan fingerprint density at radius 2 is 2.13 bits per heavy atom. The van der Waals surface area contributed by atoms with E-state index in [4.69, 9.17) is 4.42 Å². The van der Waals surface area contributed by atoms with Crippen LogP contribution in [0.25, 0.3) is 21.2 Å². The van der Waals surface area contributed by atoms with E-state index in [1.54, 1.807) is 11.3 Å². The Balaban J connectivity index is 1.80. The summed E-state index contributed by atoms with van der Waals surface area (Å²) in [5.74, 6) is -1.72. The maximum absolute atomic E-state index is 11.7. The van der Waals surface area contributed by atoms with Crippen LogP contribution in [0.4, 0.5) is 0 Å². The number of oxazole rings is 1. The Morgan fingerprint density at radius 1 is 1.22 bits per heavy atom. The summed E-state index contributed by atoms with van der Waals surface area (Å²) in [6.07, 6.45) is 2.65. The molecule has 1 unspecified atom stereocenters. The van der Waals surface area contributed by atoms with Crippen LogP contribution in [0.3, 0.4) is 0 Å². The van der Waals surface area contributed by atoms with Crippen molar-refractivity contribution < 1.29 is 14.3 Å². The number of hydrogen-bond donors (Lipinski definition) is 1. The topological polar surface area (TPSA) is 63.3 Å². The molecular formula is C17H11NO3S2. The maximum atomic E-state index is 11.7. The average molecular weight is 341 g/mol. The molecule has 4 aromatic rings. The number of nitrogens with zero attached hydrogens (tertiary/aromatic N) is 1. The first-order chi connectivity index (χ1) is 11.2. The van der Waals surface area contributed by atoms with Crippen LogP contribution < -0.4 is 0 Å². The highest BCUT2D eigenvalue weighted by molar-refractivity contribution is 7.19. The van der Waals surface area contributed by atoms with Gasteiger partial charge in [0.05, 0.1) is 5.69 Å². The highest BCUT2D eigenvalue weighted by Crippen LogP contribution is 2.36. The highest BCUT2D eigenvalue weighted by atomic mass is 32.1. The molecule has 0 saturated heterocycles. The highest BCUT2D eigenvalue weighted by Gasteiger charge is 2.26. The molecule has 0 aliphatic rings. The minimum atomic E-state index is -0.927. The van der Waals surface area contributed by atoms with Gasteiger partial charge in [-0.2, -0.15) is 11.3 Å². The normalized spacial score (nSPS) is 12.5. The largest absolute Gasteiger partial charge is 0.480 e. The van der Waals surface area contributed by atoms with Crippen LogP contribution in [-0.4, -0.2) is 16.1 Å². The molecular weight excluding hydrogens is 330 g/mol. The third-order valence-corrected chi connectivity index (χ3v) is 5.53. The fraction of sp³-hybridized carbons (Fsp3) is 0.0588. The van der Waals surface area contributed by atoms with E-state index in [9.17, 15) is 9.90 Å². The Labute approximate surface area is 139 Å². The number of hydrogen-bond acceptors (Lipinski definition) is 5. The van der Waals surface area contributed by atoms with Crippen LogP contribution in [0.15, 0.2) is 58.2 Å². The zero-order valence-corrected chi connectivity index (χ0v) is 13.4. The number of benzene rings is 1. The van der Waals surface area contributed by atoms with E-state index in [1.165, 1.54) is 29.6 Å². The third kappa shape index (κ3) is 2.56. The van der Waals surface area contributed by atoms with Crippen molar-refractivity contribution in [2.24, 2.45) is 0 Å². The number of aliphatic carboxylic acids is 1. The van der Waals surface area contributed by atoms with Crippen molar-refractivity contribution in [3.05, 3.63) is 64.3 Å². The van der Waals surface area contributed by atoms with Gasteiger partial charge in [-0.1, -0.05) is 6.07 Å². The third-order valence-electron chi connectivity index (χ3n) is 3.67. The number of aromatic nitrogens is 1. The molecule has 1 aromatic carbocycles. The zero-order valence-electron chi connectivity index (χ0n) is 11.8. The molecule has 23 heavy (non-hydrogen) atoms. The summed E-state index contributed by atoms with van der Waals surface area (Å²) in [6, 6.07) is 10.2. The Morgan fingerprint density at radius 3 is 2.83 bits per heavy atom. The van der Waals surface area contributed by atoms with Gasteiger partial charge in [0.15, 0.2) is 6.39 Å². The molecule has 114 valence electrons. The number of carboxylic acid groups (broad SMARTS) is 1. The maximum Gasteiger partial charge on any atom is 0.318 e. The lowest BCUT2D eigenvalue weighted by Crippen LogP contribution is -2.11. The monoisotopic (exact) mass is 341 g/mol. The van der Waals surface area contributed by atoms with Crippen LogP contribution >= 0.6 is 22.7 Å². The average Bonchev–Trinajstić information content (AvgIpc) is 3.28. The Kier molecular flexibility index (Phi) is 3.48. The van der Waals surface area contributed by atoms with E-state index >= 15 is 0 Å². The molecule has 0 aliphatic carbocycles. The molecule has 0 bridgehead atoms. The van der Waals surface area contributed by atoms with Crippen molar-refractivity contribution in [2.75, 3.05) is 0 Å². The molecule has 4 nitrogen and oxygen atoms in total. The molecule has 3 aromatic heterocycles. The minimum absolute atomic E-state index is 0.419. The molecule has 0 saturated carbocycles. The predicted molar refractivity (Wildman–Crippen MR) is 91.1 cm³/mol. The van der Waals surface area contributed by atoms with Gasteiger partial charge in [-0.25, -0.2) is 4.98 Å². The van der Waals surface area contributed by atoms with Crippen LogP contribution in [0.5, 0.6) is 0 Å². The lowest BCUT2D eigenvalue weighted by atomic mass is 10.0. The van der Waals surface area contributed by atoms with Crippen molar-refractivity contribution in [1.29, 1.82) is 0 Å². The first kappa shape index (κ1) is 14.2. The lowest BCUT2D eigenvalue weighted by molar-refractivity contribution is -0.137. The molecule has 6 heteroatoms. The molecule has 0 amide bonds. The number of carbonyl (C=O) groups is 1. The van der Waals surface area contributed by atoms with E-state index in [0.29, 0.717) is 5.69 Å². The summed E-state index contributed by atoms with van der Waals surface area (Å²) in [5, 5.41) is 14.7. The second-order valence-corrected chi connectivity index (χ2v) is 6.99. The number of carboxylic acids is 1. The van der Waals surface area contributed by atoms with Crippen LogP contribution in [0.1, 0.15) is 16.5 Å². The van der Waals surface area contributed by atoms with Gasteiger partial charge < -0.3 is 9.52 Å². The van der Waals surface area contributed by atoms with Gasteiger partial charge in [0.1, 0.15) is 12.2 Å². The first-order valence-corrected chi connectivity index (χ1v) is 8.65. The van der Waals surface area contributed by atoms with Crippen molar-refractivity contribution >= 4 is 38.7 Å². The van der Waals surface area contributed by atoms with Crippen molar-refractivity contribution in [1.82, 2.24) is 4.98 Å². The van der Waals surface area contributed by atoms with Crippen molar-refractivity contribution in [2.45, 2.75) is 5.92 Å². The van der Waals surface area contributed by atoms with E-state index in [-0.39, 0.29) is 0 Å². The molecule has 1 atom stereocenters. The first-order valence-electron chi connectivity index (χ1n) is 6.89. The van der Waals surface area contributed by atoms with E-state index in [0.717, 1.165) is 20.5 Å². The zero-order chi connectivity index (χ0) is 15.8. The molecule has 0 radical (unpaired) electrons. The quantitative estimate of drug-likeness (QED) is 0.577. The summed E-state index contributed by atoms with van der Waals surface area (Å²) in [7, 11) is 0. The number of fused-ring (bicyclic) bond motifs is 1. The fourth-order valence-electron chi connectivity index (χ4n) is 2.57. The smallest absolute Gasteiger partial charge is 0.318 e. The van der Waals surface area contributed by atoms with Crippen molar-refractivity contribution in [3.63, 3.8) is 0 Å². The van der Waals surface area contributed by atoms with Gasteiger partial charge in [0, 0.05) is 9.58 Å². The summed E-state index contributed by atoms with van der Waals surface area (Å²) in [6.45, 7) is 0. The predicted octanol–water partition coefficient (Wildman–Crippen LogP) is 4.83. The summed E-state index contributed by atoms with van der Waals surface area (Å²) in [4.78, 5) is 16.4. The standard InChI is InChI=1S/C17H11NO3S2/c19-17(20)16(13-7-21-9-18-13)15-6-12-5-10(1-2-14(12)23-15)11-3-4-22-8-11/h1-9,16H,(H,19,20). The van der Waals surface area contributed by atoms with E-state index < -0.39 is 11.9 Å². The second kappa shape index (κ2) is 5.64. The molecule has 3 heterocycles. The summed E-state index contributed by atoms with van der Waals surface area (Å²) in [5.41, 5.74) is 2.73.